The number of aliphatic hydroxyl groups is 1. The van der Waals surface area contributed by atoms with E-state index >= 15 is 0 Å². The third-order valence-corrected chi connectivity index (χ3v) is 3.98. The van der Waals surface area contributed by atoms with Crippen LogP contribution in [0.4, 0.5) is 0 Å². The van der Waals surface area contributed by atoms with E-state index < -0.39 is 85.6 Å². The molecule has 0 amide bonds. The summed E-state index contributed by atoms with van der Waals surface area (Å²) in [5.74, 6) is -2.70. The molecule has 1 aromatic rings. The first-order chi connectivity index (χ1) is 15.7. The third kappa shape index (κ3) is 3.20. The van der Waals surface area contributed by atoms with E-state index in [2.05, 4.69) is 0 Å². The molecule has 0 saturated carbocycles. The zero-order valence-corrected chi connectivity index (χ0v) is 13.4. The van der Waals surface area contributed by atoms with Crippen LogP contribution in [0.25, 0.3) is 0 Å². The SMILES string of the molecule is [2H]c1c(OC([2H])([2H])[2H])c(OC)c([2H])c2c1C1([2H])CC(O)C(CC(C)C)C([2H])([2H])N1C([2H])([2H])C2([2H])[2H]. The van der Waals surface area contributed by atoms with Gasteiger partial charge in [-0.15, -0.1) is 0 Å². The molecule has 0 aromatic heterocycles. The average Bonchev–Trinajstić information content (AvgIpc) is 2.64. The van der Waals surface area contributed by atoms with Crippen molar-refractivity contribution in [2.75, 3.05) is 27.1 Å². The van der Waals surface area contributed by atoms with Crippen LogP contribution in [-0.4, -0.2) is 43.3 Å². The molecule has 3 unspecified atom stereocenters. The largest absolute Gasteiger partial charge is 0.493 e. The summed E-state index contributed by atoms with van der Waals surface area (Å²) in [7, 11) is -2.06. The normalized spacial score (nSPS) is 45.4. The van der Waals surface area contributed by atoms with E-state index in [4.69, 9.17) is 24.6 Å². The van der Waals surface area contributed by atoms with Crippen molar-refractivity contribution >= 4 is 0 Å². The van der Waals surface area contributed by atoms with E-state index in [1.807, 2.05) is 0 Å². The molecular weight excluding hydrogens is 290 g/mol. The number of nitrogens with zero attached hydrogens (tertiary/aromatic N) is 1. The lowest BCUT2D eigenvalue weighted by Gasteiger charge is -2.46. The van der Waals surface area contributed by atoms with E-state index in [9.17, 15) is 6.48 Å². The van der Waals surface area contributed by atoms with Crippen LogP contribution >= 0.6 is 0 Å². The van der Waals surface area contributed by atoms with Crippen molar-refractivity contribution in [1.29, 1.82) is 0 Å². The Labute approximate surface area is 156 Å². The lowest BCUT2D eigenvalue weighted by molar-refractivity contribution is -0.0191. The van der Waals surface area contributed by atoms with Gasteiger partial charge in [-0.1, -0.05) is 13.8 Å². The van der Waals surface area contributed by atoms with Gasteiger partial charge in [0, 0.05) is 27.2 Å². The average molecular weight is 332 g/mol. The van der Waals surface area contributed by atoms with Gasteiger partial charge in [0.1, 0.15) is 0 Å². The Bertz CT molecular complexity index is 1010. The first kappa shape index (κ1) is 7.32. The maximum absolute atomic E-state index is 10.9. The van der Waals surface area contributed by atoms with Crippen LogP contribution in [0.1, 0.15) is 60.3 Å². The van der Waals surface area contributed by atoms with E-state index in [0.717, 1.165) is 7.11 Å². The maximum Gasteiger partial charge on any atom is 0.161 e. The minimum Gasteiger partial charge on any atom is -0.493 e. The molecule has 1 N–H and O–H groups in total. The summed E-state index contributed by atoms with van der Waals surface area (Å²) in [5, 5.41) is 10.9. The van der Waals surface area contributed by atoms with E-state index in [1.54, 1.807) is 13.8 Å². The number of benzene rings is 1. The predicted molar refractivity (Wildman–Crippen MR) is 91.1 cm³/mol. The summed E-state index contributed by atoms with van der Waals surface area (Å²) in [6.07, 6.45) is -5.11. The van der Waals surface area contributed by atoms with Crippen LogP contribution in [0.2, 0.25) is 0 Å². The van der Waals surface area contributed by atoms with Crippen molar-refractivity contribution in [3.63, 3.8) is 0 Å². The molecule has 1 aromatic carbocycles. The molecule has 4 heteroatoms. The lowest BCUT2D eigenvalue weighted by atomic mass is 9.79. The fourth-order valence-corrected chi connectivity index (χ4v) is 2.90. The topological polar surface area (TPSA) is 41.9 Å². The second kappa shape index (κ2) is 6.70. The molecule has 0 radical (unpaired) electrons. The van der Waals surface area contributed by atoms with Gasteiger partial charge in [-0.05, 0) is 54.3 Å². The van der Waals surface area contributed by atoms with Gasteiger partial charge in [-0.3, -0.25) is 4.90 Å². The standard InChI is InChI=1S/C19H29NO3/c1-12(2)7-14-11-20-6-5-13-8-18(22-3)19(23-4)9-15(13)16(20)10-17(14)21/h8-9,12,14,16-17,21H,5-7,10-11H2,1-4H3/i4D3,5D2,6D2,8D,9D,11D2,16D. The fourth-order valence-electron chi connectivity index (χ4n) is 2.90. The van der Waals surface area contributed by atoms with Crippen molar-refractivity contribution in [3.8, 4) is 11.5 Å². The number of hydrogen-bond donors (Lipinski definition) is 1. The second-order valence-electron chi connectivity index (χ2n) is 6.12. The zero-order valence-electron chi connectivity index (χ0n) is 25.4. The van der Waals surface area contributed by atoms with Crippen molar-refractivity contribution < 1.29 is 31.0 Å². The Balaban J connectivity index is 2.46. The van der Waals surface area contributed by atoms with Crippen LogP contribution in [0.3, 0.4) is 0 Å². The van der Waals surface area contributed by atoms with E-state index in [-0.39, 0.29) is 12.3 Å². The van der Waals surface area contributed by atoms with E-state index in [1.165, 1.54) is 0 Å². The number of rotatable bonds is 4. The quantitative estimate of drug-likeness (QED) is 0.921. The van der Waals surface area contributed by atoms with Gasteiger partial charge in [0.15, 0.2) is 11.5 Å². The van der Waals surface area contributed by atoms with Gasteiger partial charge >= 0.3 is 0 Å². The fraction of sp³-hybridized carbons (Fsp3) is 0.684. The summed E-state index contributed by atoms with van der Waals surface area (Å²) in [6, 6.07) is -4.25. The number of ether oxygens (including phenoxy) is 2. The molecule has 2 heterocycles. The van der Waals surface area contributed by atoms with Gasteiger partial charge in [-0.2, -0.15) is 0 Å². The molecule has 0 aliphatic carbocycles. The first-order valence-corrected chi connectivity index (χ1v) is 7.55. The molecular formula is C19H29NO3. The Morgan fingerprint density at radius 1 is 1.48 bits per heavy atom. The molecule has 128 valence electrons. The van der Waals surface area contributed by atoms with Gasteiger partial charge in [0.25, 0.3) is 0 Å². The molecule has 3 atom stereocenters. The molecule has 2 aliphatic rings. The number of aliphatic hydroxyl groups excluding tert-OH is 1. The predicted octanol–water partition coefficient (Wildman–Crippen LogP) is 3.03. The van der Waals surface area contributed by atoms with Gasteiger partial charge in [-0.25, -0.2) is 0 Å². The summed E-state index contributed by atoms with van der Waals surface area (Å²) in [6.45, 7) is -2.40. The molecule has 4 nitrogen and oxygen atoms in total. The highest BCUT2D eigenvalue weighted by atomic mass is 16.5. The smallest absolute Gasteiger partial charge is 0.161 e. The molecule has 1 fully saturated rings. The van der Waals surface area contributed by atoms with Gasteiger partial charge < -0.3 is 14.6 Å². The number of methoxy groups -OCH3 is 2. The van der Waals surface area contributed by atoms with Crippen molar-refractivity contribution in [2.24, 2.45) is 11.8 Å². The van der Waals surface area contributed by atoms with Gasteiger partial charge in [0.05, 0.1) is 28.5 Å². The lowest BCUT2D eigenvalue weighted by Crippen LogP contribution is -2.48. The zero-order chi connectivity index (χ0) is 27.1. The highest BCUT2D eigenvalue weighted by Gasteiger charge is 2.38. The Hall–Kier alpha value is -1.26. The number of piperidine rings is 1. The van der Waals surface area contributed by atoms with E-state index in [0.29, 0.717) is 4.90 Å². The Morgan fingerprint density at radius 3 is 2.96 bits per heavy atom. The summed E-state index contributed by atoms with van der Waals surface area (Å²) >= 11 is 0. The van der Waals surface area contributed by atoms with Crippen molar-refractivity contribution in [1.82, 2.24) is 4.90 Å². The molecule has 1 saturated heterocycles. The molecule has 0 bridgehead atoms. The minimum absolute atomic E-state index is 0.111. The van der Waals surface area contributed by atoms with Crippen molar-refractivity contribution in [2.45, 2.75) is 45.2 Å². The first-order valence-electron chi connectivity index (χ1n) is 13.6. The summed E-state index contributed by atoms with van der Waals surface area (Å²) < 4.78 is 111. The van der Waals surface area contributed by atoms with Gasteiger partial charge in [0.2, 0.25) is 0 Å². The molecule has 0 spiro atoms. The van der Waals surface area contributed by atoms with Crippen LogP contribution in [0.5, 0.6) is 11.5 Å². The second-order valence-corrected chi connectivity index (χ2v) is 6.12. The summed E-state index contributed by atoms with van der Waals surface area (Å²) in [5.41, 5.74) is -1.40. The molecule has 2 aliphatic heterocycles. The Kier molecular flexibility index (Phi) is 2.13. The number of hydrogen-bond acceptors (Lipinski definition) is 4. The third-order valence-electron chi connectivity index (χ3n) is 3.98. The van der Waals surface area contributed by atoms with Crippen LogP contribution in [-0.2, 0) is 6.37 Å². The van der Waals surface area contributed by atoms with Crippen LogP contribution in [0.15, 0.2) is 12.1 Å². The van der Waals surface area contributed by atoms with Crippen LogP contribution in [0, 0.1) is 11.8 Å². The monoisotopic (exact) mass is 331 g/mol. The maximum atomic E-state index is 10.9. The summed E-state index contributed by atoms with van der Waals surface area (Å²) in [4.78, 5) is 0.387. The minimum atomic E-state index is -3.21. The highest BCUT2D eigenvalue weighted by Crippen LogP contribution is 2.43. The highest BCUT2D eigenvalue weighted by molar-refractivity contribution is 5.49. The molecule has 3 rings (SSSR count). The van der Waals surface area contributed by atoms with Crippen molar-refractivity contribution in [3.05, 3.63) is 23.2 Å². The van der Waals surface area contributed by atoms with Crippen LogP contribution < -0.4 is 9.47 Å². The Morgan fingerprint density at radius 2 is 2.26 bits per heavy atom. The molecule has 23 heavy (non-hydrogen) atoms. The number of fused-ring (bicyclic) bond motifs is 3.